The Morgan fingerprint density at radius 3 is 2.53 bits per heavy atom. The first-order valence-corrected chi connectivity index (χ1v) is 6.22. The maximum absolute atomic E-state index is 12.2. The Bertz CT molecular complexity index is 633. The first kappa shape index (κ1) is 13.1. The Hall–Kier alpha value is -2.29. The first-order valence-electron chi connectivity index (χ1n) is 6.22. The van der Waals surface area contributed by atoms with Crippen molar-refractivity contribution in [3.05, 3.63) is 58.7 Å². The van der Waals surface area contributed by atoms with Crippen LogP contribution >= 0.6 is 0 Å². The van der Waals surface area contributed by atoms with Crippen molar-refractivity contribution in [3.8, 4) is 0 Å². The van der Waals surface area contributed by atoms with Gasteiger partial charge in [-0.3, -0.25) is 4.79 Å². The number of carbonyl (C=O) groups is 1. The van der Waals surface area contributed by atoms with Crippen molar-refractivity contribution >= 4 is 17.3 Å². The highest BCUT2D eigenvalue weighted by atomic mass is 16.1. The molecule has 1 amide bonds. The summed E-state index contributed by atoms with van der Waals surface area (Å²) in [5, 5.41) is 2.94. The van der Waals surface area contributed by atoms with Gasteiger partial charge in [0.2, 0.25) is 0 Å². The van der Waals surface area contributed by atoms with Crippen molar-refractivity contribution in [3.63, 3.8) is 0 Å². The number of aryl methyl sites for hydroxylation is 2. The minimum atomic E-state index is -0.111. The lowest BCUT2D eigenvalue weighted by atomic mass is 10.1. The molecule has 3 nitrogen and oxygen atoms in total. The Kier molecular flexibility index (Phi) is 3.56. The number of benzene rings is 2. The molecule has 3 N–H and O–H groups in total. The van der Waals surface area contributed by atoms with Crippen molar-refractivity contribution in [1.29, 1.82) is 0 Å². The molecule has 19 heavy (non-hydrogen) atoms. The lowest BCUT2D eigenvalue weighted by Crippen LogP contribution is -2.14. The van der Waals surface area contributed by atoms with Gasteiger partial charge in [-0.05, 0) is 50.1 Å². The zero-order valence-corrected chi connectivity index (χ0v) is 11.4. The summed E-state index contributed by atoms with van der Waals surface area (Å²) in [5.74, 6) is -0.111. The number of amides is 1. The minimum Gasteiger partial charge on any atom is -0.398 e. The molecule has 0 saturated carbocycles. The molecule has 0 unspecified atom stereocenters. The van der Waals surface area contributed by atoms with Crippen LogP contribution < -0.4 is 11.1 Å². The van der Waals surface area contributed by atoms with Gasteiger partial charge in [-0.2, -0.15) is 0 Å². The Balaban J connectivity index is 2.32. The summed E-state index contributed by atoms with van der Waals surface area (Å²) in [6.45, 7) is 5.83. The zero-order chi connectivity index (χ0) is 14.0. The number of nitrogen functional groups attached to an aromatic ring is 1. The van der Waals surface area contributed by atoms with E-state index in [4.69, 9.17) is 5.73 Å². The number of hydrogen-bond donors (Lipinski definition) is 2. The first-order chi connectivity index (χ1) is 8.99. The average Bonchev–Trinajstić information content (AvgIpc) is 2.39. The second kappa shape index (κ2) is 5.14. The predicted molar refractivity (Wildman–Crippen MR) is 79.5 cm³/mol. The van der Waals surface area contributed by atoms with Gasteiger partial charge in [0.1, 0.15) is 0 Å². The molecule has 0 spiro atoms. The van der Waals surface area contributed by atoms with Gasteiger partial charge >= 0.3 is 0 Å². The van der Waals surface area contributed by atoms with Gasteiger partial charge in [0.15, 0.2) is 0 Å². The molecule has 2 aromatic rings. The third-order valence-electron chi connectivity index (χ3n) is 3.23. The van der Waals surface area contributed by atoms with Crippen molar-refractivity contribution < 1.29 is 4.79 Å². The Morgan fingerprint density at radius 1 is 1.11 bits per heavy atom. The summed E-state index contributed by atoms with van der Waals surface area (Å²) in [5.41, 5.74) is 11.0. The van der Waals surface area contributed by atoms with Crippen LogP contribution in [0.1, 0.15) is 27.0 Å². The van der Waals surface area contributed by atoms with Crippen molar-refractivity contribution in [2.45, 2.75) is 20.8 Å². The van der Waals surface area contributed by atoms with Crippen molar-refractivity contribution in [2.75, 3.05) is 11.1 Å². The summed E-state index contributed by atoms with van der Waals surface area (Å²) in [7, 11) is 0. The van der Waals surface area contributed by atoms with E-state index in [9.17, 15) is 4.79 Å². The Morgan fingerprint density at radius 2 is 1.84 bits per heavy atom. The van der Waals surface area contributed by atoms with Gasteiger partial charge in [-0.25, -0.2) is 0 Å². The number of carbonyl (C=O) groups excluding carboxylic acids is 1. The molecule has 2 rings (SSSR count). The molecule has 0 saturated heterocycles. The topological polar surface area (TPSA) is 55.1 Å². The van der Waals surface area contributed by atoms with E-state index in [-0.39, 0.29) is 5.91 Å². The van der Waals surface area contributed by atoms with Gasteiger partial charge in [0.25, 0.3) is 5.91 Å². The van der Waals surface area contributed by atoms with Gasteiger partial charge in [-0.15, -0.1) is 0 Å². The molecule has 0 aromatic heterocycles. The number of nitrogens with one attached hydrogen (secondary N) is 1. The van der Waals surface area contributed by atoms with E-state index in [1.165, 1.54) is 0 Å². The molecule has 0 atom stereocenters. The number of hydrogen-bond acceptors (Lipinski definition) is 2. The van der Waals surface area contributed by atoms with E-state index in [0.717, 1.165) is 22.4 Å². The highest BCUT2D eigenvalue weighted by Gasteiger charge is 2.11. The van der Waals surface area contributed by atoms with Crippen molar-refractivity contribution in [1.82, 2.24) is 0 Å². The maximum atomic E-state index is 12.2. The highest BCUT2D eigenvalue weighted by molar-refractivity contribution is 6.05. The Labute approximate surface area is 113 Å². The summed E-state index contributed by atoms with van der Waals surface area (Å²) >= 11 is 0. The molecular weight excluding hydrogens is 236 g/mol. The van der Waals surface area contributed by atoms with Crippen molar-refractivity contribution in [2.24, 2.45) is 0 Å². The SMILES string of the molecule is Cc1cccc(C(=O)Nc2c(C)ccc(N)c2C)c1. The summed E-state index contributed by atoms with van der Waals surface area (Å²) in [4.78, 5) is 12.2. The van der Waals surface area contributed by atoms with E-state index in [1.54, 1.807) is 6.07 Å². The van der Waals surface area contributed by atoms with Gasteiger partial charge < -0.3 is 11.1 Å². The average molecular weight is 254 g/mol. The molecule has 0 bridgehead atoms. The van der Waals surface area contributed by atoms with Crippen LogP contribution in [0.5, 0.6) is 0 Å². The van der Waals surface area contributed by atoms with E-state index in [0.29, 0.717) is 11.3 Å². The van der Waals surface area contributed by atoms with Crippen LogP contribution in [0.25, 0.3) is 0 Å². The lowest BCUT2D eigenvalue weighted by Gasteiger charge is -2.13. The smallest absolute Gasteiger partial charge is 0.255 e. The second-order valence-electron chi connectivity index (χ2n) is 4.80. The third-order valence-corrected chi connectivity index (χ3v) is 3.23. The molecular formula is C16H18N2O. The van der Waals surface area contributed by atoms with Gasteiger partial charge in [-0.1, -0.05) is 23.8 Å². The molecule has 2 aromatic carbocycles. The molecule has 0 aliphatic carbocycles. The predicted octanol–water partition coefficient (Wildman–Crippen LogP) is 3.45. The summed E-state index contributed by atoms with van der Waals surface area (Å²) in [6, 6.07) is 11.3. The number of anilines is 2. The maximum Gasteiger partial charge on any atom is 0.255 e. The number of rotatable bonds is 2. The largest absolute Gasteiger partial charge is 0.398 e. The normalized spacial score (nSPS) is 10.3. The van der Waals surface area contributed by atoms with Crippen LogP contribution in [0, 0.1) is 20.8 Å². The fraction of sp³-hybridized carbons (Fsp3) is 0.188. The molecule has 0 fully saturated rings. The van der Waals surface area contributed by atoms with Crippen LogP contribution in [0.15, 0.2) is 36.4 Å². The molecule has 0 aliphatic heterocycles. The minimum absolute atomic E-state index is 0.111. The fourth-order valence-electron chi connectivity index (χ4n) is 2.03. The standard InChI is InChI=1S/C16H18N2O/c1-10-5-4-6-13(9-10)16(19)18-15-11(2)7-8-14(17)12(15)3/h4-9H,17H2,1-3H3,(H,18,19). The van der Waals surface area contributed by atoms with E-state index >= 15 is 0 Å². The van der Waals surface area contributed by atoms with Crippen LogP contribution in [0.4, 0.5) is 11.4 Å². The molecule has 0 heterocycles. The van der Waals surface area contributed by atoms with E-state index in [1.807, 2.05) is 51.1 Å². The summed E-state index contributed by atoms with van der Waals surface area (Å²) < 4.78 is 0. The monoisotopic (exact) mass is 254 g/mol. The quantitative estimate of drug-likeness (QED) is 0.806. The lowest BCUT2D eigenvalue weighted by molar-refractivity contribution is 0.102. The van der Waals surface area contributed by atoms with E-state index < -0.39 is 0 Å². The van der Waals surface area contributed by atoms with Crippen LogP contribution in [0.3, 0.4) is 0 Å². The summed E-state index contributed by atoms with van der Waals surface area (Å²) in [6.07, 6.45) is 0. The third kappa shape index (κ3) is 2.76. The van der Waals surface area contributed by atoms with Crippen LogP contribution in [-0.2, 0) is 0 Å². The zero-order valence-electron chi connectivity index (χ0n) is 11.4. The molecule has 0 aliphatic rings. The fourth-order valence-corrected chi connectivity index (χ4v) is 2.03. The van der Waals surface area contributed by atoms with E-state index in [2.05, 4.69) is 5.32 Å². The number of nitrogens with two attached hydrogens (primary N) is 1. The second-order valence-corrected chi connectivity index (χ2v) is 4.80. The molecule has 0 radical (unpaired) electrons. The molecule has 98 valence electrons. The van der Waals surface area contributed by atoms with Crippen LogP contribution in [-0.4, -0.2) is 5.91 Å². The molecule has 3 heteroatoms. The van der Waals surface area contributed by atoms with Crippen LogP contribution in [0.2, 0.25) is 0 Å². The van der Waals surface area contributed by atoms with Gasteiger partial charge in [0.05, 0.1) is 0 Å². The van der Waals surface area contributed by atoms with Gasteiger partial charge in [0, 0.05) is 16.9 Å². The highest BCUT2D eigenvalue weighted by Crippen LogP contribution is 2.25.